The van der Waals surface area contributed by atoms with Crippen molar-refractivity contribution in [3.63, 3.8) is 0 Å². The summed E-state index contributed by atoms with van der Waals surface area (Å²) < 4.78 is 16.4. The van der Waals surface area contributed by atoms with E-state index in [0.29, 0.717) is 48.1 Å². The first-order valence-electron chi connectivity index (χ1n) is 12.0. The zero-order chi connectivity index (χ0) is 26.2. The average Bonchev–Trinajstić information content (AvgIpc) is 3.17. The lowest BCUT2D eigenvalue weighted by atomic mass is 9.95. The second kappa shape index (κ2) is 12.3. The van der Waals surface area contributed by atoms with E-state index in [1.165, 1.54) is 12.0 Å². The van der Waals surface area contributed by atoms with Crippen molar-refractivity contribution in [1.82, 2.24) is 9.80 Å². The molecule has 0 aliphatic carbocycles. The van der Waals surface area contributed by atoms with Crippen LogP contribution in [0, 0.1) is 0 Å². The maximum atomic E-state index is 13.3. The number of carbonyl (C=O) groups excluding carboxylic acids is 2. The molecule has 0 spiro atoms. The van der Waals surface area contributed by atoms with Crippen LogP contribution < -0.4 is 14.2 Å². The molecule has 1 amide bonds. The van der Waals surface area contributed by atoms with Crippen LogP contribution in [0.15, 0.2) is 60.7 Å². The van der Waals surface area contributed by atoms with Crippen LogP contribution in [0.3, 0.4) is 0 Å². The van der Waals surface area contributed by atoms with Gasteiger partial charge in [0.1, 0.15) is 18.1 Å². The van der Waals surface area contributed by atoms with Crippen LogP contribution in [-0.4, -0.2) is 73.6 Å². The first-order chi connectivity index (χ1) is 17.4. The number of aliphatic hydroxyl groups excluding tert-OH is 1. The second-order valence-electron chi connectivity index (χ2n) is 8.26. The van der Waals surface area contributed by atoms with Crippen molar-refractivity contribution < 1.29 is 28.9 Å². The lowest BCUT2D eigenvalue weighted by Gasteiger charge is -2.28. The number of methoxy groups -OCH3 is 2. The fraction of sp³-hybridized carbons (Fsp3) is 0.357. The smallest absolute Gasteiger partial charge is 0.295 e. The van der Waals surface area contributed by atoms with Gasteiger partial charge in [-0.05, 0) is 55.1 Å². The molecule has 3 rings (SSSR count). The number of hydrogen-bond donors (Lipinski definition) is 1. The number of carbonyl (C=O) groups is 2. The lowest BCUT2D eigenvalue weighted by Crippen LogP contribution is -2.38. The number of nitrogens with zero attached hydrogens (tertiary/aromatic N) is 2. The van der Waals surface area contributed by atoms with Gasteiger partial charge in [-0.3, -0.25) is 9.59 Å². The van der Waals surface area contributed by atoms with Crippen LogP contribution in [0.5, 0.6) is 17.2 Å². The number of amides is 1. The van der Waals surface area contributed by atoms with Crippen LogP contribution in [0.25, 0.3) is 5.76 Å². The molecule has 2 aromatic rings. The molecule has 0 bridgehead atoms. The summed E-state index contributed by atoms with van der Waals surface area (Å²) in [5.74, 6) is -0.0311. The van der Waals surface area contributed by atoms with E-state index in [4.69, 9.17) is 14.2 Å². The van der Waals surface area contributed by atoms with Gasteiger partial charge in [-0.2, -0.15) is 0 Å². The maximum absolute atomic E-state index is 13.3. The van der Waals surface area contributed by atoms with Crippen molar-refractivity contribution in [3.05, 3.63) is 71.8 Å². The number of aliphatic hydroxyl groups is 1. The SMILES string of the molecule is C=CCOc1ccc(C2C(=C(O)c3ccc(OC)cc3)C(=O)C(=O)N2CCN(CC)CC)cc1OC. The number of likely N-dealkylation sites (tertiary alicyclic amines) is 1. The van der Waals surface area contributed by atoms with Crippen molar-refractivity contribution in [2.75, 3.05) is 47.0 Å². The van der Waals surface area contributed by atoms with Gasteiger partial charge in [-0.25, -0.2) is 0 Å². The Hall–Kier alpha value is -3.78. The Bertz CT molecular complexity index is 1120. The molecule has 2 aromatic carbocycles. The maximum Gasteiger partial charge on any atom is 0.295 e. The Balaban J connectivity index is 2.12. The zero-order valence-corrected chi connectivity index (χ0v) is 21.3. The van der Waals surface area contributed by atoms with Crippen LogP contribution in [0.4, 0.5) is 0 Å². The minimum atomic E-state index is -0.787. The lowest BCUT2D eigenvalue weighted by molar-refractivity contribution is -0.140. The Morgan fingerprint density at radius 3 is 2.33 bits per heavy atom. The number of ether oxygens (including phenoxy) is 3. The molecular weight excluding hydrogens is 460 g/mol. The van der Waals surface area contributed by atoms with Crippen LogP contribution in [-0.2, 0) is 9.59 Å². The summed E-state index contributed by atoms with van der Waals surface area (Å²) in [6.07, 6.45) is 1.63. The van der Waals surface area contributed by atoms with Gasteiger partial charge in [-0.15, -0.1) is 0 Å². The fourth-order valence-corrected chi connectivity index (χ4v) is 4.27. The molecule has 0 radical (unpaired) electrons. The highest BCUT2D eigenvalue weighted by molar-refractivity contribution is 6.46. The first kappa shape index (κ1) is 26.8. The van der Waals surface area contributed by atoms with Crippen LogP contribution >= 0.6 is 0 Å². The van der Waals surface area contributed by atoms with Crippen LogP contribution in [0.2, 0.25) is 0 Å². The summed E-state index contributed by atoms with van der Waals surface area (Å²) in [5, 5.41) is 11.3. The largest absolute Gasteiger partial charge is 0.507 e. The molecule has 1 aliphatic rings. The standard InChI is InChI=1S/C28H34N2O6/c1-6-17-36-22-14-11-20(18-23(22)35-5)25-24(26(31)19-9-12-21(34-4)13-10-19)27(32)28(33)30(25)16-15-29(7-2)8-3/h6,9-14,18,25,31H,1,7-8,15-17H2,2-5H3. The molecule has 1 fully saturated rings. The summed E-state index contributed by atoms with van der Waals surface area (Å²) in [6, 6.07) is 11.2. The number of benzene rings is 2. The molecule has 1 heterocycles. The van der Waals surface area contributed by atoms with E-state index in [1.54, 1.807) is 55.7 Å². The van der Waals surface area contributed by atoms with E-state index in [-0.39, 0.29) is 11.3 Å². The van der Waals surface area contributed by atoms with Crippen molar-refractivity contribution in [2.24, 2.45) is 0 Å². The Kier molecular flexibility index (Phi) is 9.13. The topological polar surface area (TPSA) is 88.5 Å². The van der Waals surface area contributed by atoms with Gasteiger partial charge in [0.25, 0.3) is 11.7 Å². The molecule has 8 nitrogen and oxygen atoms in total. The summed E-state index contributed by atoms with van der Waals surface area (Å²) in [4.78, 5) is 30.2. The quantitative estimate of drug-likeness (QED) is 0.206. The molecule has 1 N–H and O–H groups in total. The summed E-state index contributed by atoms with van der Waals surface area (Å²) >= 11 is 0. The predicted octanol–water partition coefficient (Wildman–Crippen LogP) is 4.03. The van der Waals surface area contributed by atoms with E-state index in [1.807, 2.05) is 13.8 Å². The Labute approximate surface area is 212 Å². The Morgan fingerprint density at radius 1 is 1.06 bits per heavy atom. The van der Waals surface area contributed by atoms with Crippen LogP contribution in [0.1, 0.15) is 31.0 Å². The average molecular weight is 495 g/mol. The molecule has 1 unspecified atom stereocenters. The zero-order valence-electron chi connectivity index (χ0n) is 21.3. The van der Waals surface area contributed by atoms with Crippen molar-refractivity contribution in [2.45, 2.75) is 19.9 Å². The summed E-state index contributed by atoms with van der Waals surface area (Å²) in [7, 11) is 3.07. The number of Topliss-reactive ketones (excluding diaryl/α,β-unsaturated/α-hetero) is 1. The first-order valence-corrected chi connectivity index (χ1v) is 12.0. The summed E-state index contributed by atoms with van der Waals surface area (Å²) in [6.45, 7) is 10.6. The van der Waals surface area contributed by atoms with E-state index >= 15 is 0 Å². The third-order valence-corrected chi connectivity index (χ3v) is 6.32. The normalized spacial score (nSPS) is 16.9. The molecular formula is C28H34N2O6. The molecule has 1 atom stereocenters. The van der Waals surface area contributed by atoms with Crippen molar-refractivity contribution in [1.29, 1.82) is 0 Å². The minimum absolute atomic E-state index is 0.0338. The fourth-order valence-electron chi connectivity index (χ4n) is 4.27. The van der Waals surface area contributed by atoms with Gasteiger partial charge in [0, 0.05) is 18.7 Å². The van der Waals surface area contributed by atoms with E-state index < -0.39 is 17.7 Å². The highest BCUT2D eigenvalue weighted by Gasteiger charge is 2.46. The molecule has 1 saturated heterocycles. The number of ketones is 1. The third-order valence-electron chi connectivity index (χ3n) is 6.32. The monoisotopic (exact) mass is 494 g/mol. The van der Waals surface area contributed by atoms with E-state index in [0.717, 1.165) is 13.1 Å². The van der Waals surface area contributed by atoms with Gasteiger partial charge in [0.05, 0.1) is 25.8 Å². The predicted molar refractivity (Wildman–Crippen MR) is 138 cm³/mol. The van der Waals surface area contributed by atoms with E-state index in [9.17, 15) is 14.7 Å². The second-order valence-corrected chi connectivity index (χ2v) is 8.26. The van der Waals surface area contributed by atoms with Crippen molar-refractivity contribution in [3.8, 4) is 17.2 Å². The van der Waals surface area contributed by atoms with Crippen molar-refractivity contribution >= 4 is 17.4 Å². The Morgan fingerprint density at radius 2 is 1.75 bits per heavy atom. The molecule has 8 heteroatoms. The molecule has 36 heavy (non-hydrogen) atoms. The van der Waals surface area contributed by atoms with Gasteiger partial charge in [0.15, 0.2) is 11.5 Å². The van der Waals surface area contributed by atoms with Gasteiger partial charge >= 0.3 is 0 Å². The van der Waals surface area contributed by atoms with E-state index in [2.05, 4.69) is 11.5 Å². The molecule has 192 valence electrons. The number of hydrogen-bond acceptors (Lipinski definition) is 7. The number of likely N-dealkylation sites (N-methyl/N-ethyl adjacent to an activating group) is 1. The van der Waals surface area contributed by atoms with Gasteiger partial charge in [0.2, 0.25) is 0 Å². The number of rotatable bonds is 12. The molecule has 1 aliphatic heterocycles. The summed E-state index contributed by atoms with van der Waals surface area (Å²) in [5.41, 5.74) is 1.08. The highest BCUT2D eigenvalue weighted by Crippen LogP contribution is 2.42. The highest BCUT2D eigenvalue weighted by atomic mass is 16.5. The van der Waals surface area contributed by atoms with Gasteiger partial charge in [-0.1, -0.05) is 32.6 Å². The van der Waals surface area contributed by atoms with Gasteiger partial charge < -0.3 is 29.1 Å². The minimum Gasteiger partial charge on any atom is -0.507 e. The molecule has 0 aromatic heterocycles. The molecule has 0 saturated carbocycles. The third kappa shape index (κ3) is 5.54.